The second kappa shape index (κ2) is 6.91. The zero-order chi connectivity index (χ0) is 13.8. The molecule has 2 heteroatoms. The van der Waals surface area contributed by atoms with E-state index in [-0.39, 0.29) is 18.1 Å². The number of aliphatic hydroxyl groups excluding tert-OH is 2. The molecule has 1 saturated carbocycles. The third kappa shape index (κ3) is 2.60. The molecule has 0 aromatic rings. The molecule has 1 aliphatic carbocycles. The molecule has 5 atom stereocenters. The van der Waals surface area contributed by atoms with E-state index >= 15 is 0 Å². The van der Waals surface area contributed by atoms with Crippen molar-refractivity contribution in [2.75, 3.05) is 6.61 Å². The molecule has 18 heavy (non-hydrogen) atoms. The zero-order valence-corrected chi connectivity index (χ0v) is 12.7. The van der Waals surface area contributed by atoms with Crippen LogP contribution < -0.4 is 0 Å². The van der Waals surface area contributed by atoms with E-state index in [9.17, 15) is 10.2 Å². The summed E-state index contributed by atoms with van der Waals surface area (Å²) in [4.78, 5) is 0. The van der Waals surface area contributed by atoms with Crippen molar-refractivity contribution in [3.63, 3.8) is 0 Å². The van der Waals surface area contributed by atoms with E-state index in [2.05, 4.69) is 27.7 Å². The summed E-state index contributed by atoms with van der Waals surface area (Å²) in [5.74, 6) is 1.53. The standard InChI is InChI=1S/C16H32O2/c1-5-9-14-12(6-2)10-13(7-3)15(18)16(14,8-4)11-17/h12-15,17-18H,5-11H2,1-4H3/t12-,13+,14+,15+,16+/m1/s1. The molecular weight excluding hydrogens is 224 g/mol. The lowest BCUT2D eigenvalue weighted by Gasteiger charge is -2.53. The molecule has 1 aliphatic rings. The van der Waals surface area contributed by atoms with Gasteiger partial charge in [-0.25, -0.2) is 0 Å². The average molecular weight is 256 g/mol. The van der Waals surface area contributed by atoms with Gasteiger partial charge in [0.1, 0.15) is 0 Å². The van der Waals surface area contributed by atoms with E-state index in [1.54, 1.807) is 0 Å². The minimum absolute atomic E-state index is 0.141. The maximum absolute atomic E-state index is 10.7. The quantitative estimate of drug-likeness (QED) is 0.762. The van der Waals surface area contributed by atoms with Crippen LogP contribution in [0.15, 0.2) is 0 Å². The lowest BCUT2D eigenvalue weighted by atomic mass is 9.54. The van der Waals surface area contributed by atoms with E-state index in [1.165, 1.54) is 6.42 Å². The van der Waals surface area contributed by atoms with Crippen molar-refractivity contribution in [3.8, 4) is 0 Å². The molecule has 0 aromatic carbocycles. The van der Waals surface area contributed by atoms with Crippen LogP contribution in [0.4, 0.5) is 0 Å². The van der Waals surface area contributed by atoms with Gasteiger partial charge in [0, 0.05) is 5.41 Å². The summed E-state index contributed by atoms with van der Waals surface area (Å²) in [6.45, 7) is 8.91. The van der Waals surface area contributed by atoms with Gasteiger partial charge in [-0.1, -0.05) is 47.0 Å². The fourth-order valence-corrected chi connectivity index (χ4v) is 4.31. The van der Waals surface area contributed by atoms with E-state index in [1.807, 2.05) is 0 Å². The van der Waals surface area contributed by atoms with E-state index < -0.39 is 0 Å². The first kappa shape index (κ1) is 16.0. The van der Waals surface area contributed by atoms with Gasteiger partial charge in [0.15, 0.2) is 0 Å². The van der Waals surface area contributed by atoms with Gasteiger partial charge in [0.05, 0.1) is 12.7 Å². The highest BCUT2D eigenvalue weighted by Gasteiger charge is 2.51. The molecule has 2 N–H and O–H groups in total. The summed E-state index contributed by atoms with van der Waals surface area (Å²) < 4.78 is 0. The molecule has 0 saturated heterocycles. The van der Waals surface area contributed by atoms with Gasteiger partial charge in [-0.2, -0.15) is 0 Å². The van der Waals surface area contributed by atoms with Crippen LogP contribution in [-0.4, -0.2) is 22.9 Å². The summed E-state index contributed by atoms with van der Waals surface area (Å²) in [6.07, 6.45) is 6.20. The molecule has 0 spiro atoms. The maximum atomic E-state index is 10.7. The predicted molar refractivity (Wildman–Crippen MR) is 76.4 cm³/mol. The van der Waals surface area contributed by atoms with Crippen molar-refractivity contribution in [2.24, 2.45) is 23.2 Å². The molecule has 0 unspecified atom stereocenters. The lowest BCUT2D eigenvalue weighted by Crippen LogP contribution is -2.54. The lowest BCUT2D eigenvalue weighted by molar-refractivity contribution is -0.144. The van der Waals surface area contributed by atoms with Gasteiger partial charge in [-0.15, -0.1) is 0 Å². The van der Waals surface area contributed by atoms with Gasteiger partial charge < -0.3 is 10.2 Å². The van der Waals surface area contributed by atoms with Crippen LogP contribution in [0, 0.1) is 23.2 Å². The maximum Gasteiger partial charge on any atom is 0.0649 e. The van der Waals surface area contributed by atoms with Crippen molar-refractivity contribution >= 4 is 0 Å². The highest BCUT2D eigenvalue weighted by atomic mass is 16.3. The van der Waals surface area contributed by atoms with Gasteiger partial charge >= 0.3 is 0 Å². The van der Waals surface area contributed by atoms with Gasteiger partial charge in [-0.3, -0.25) is 0 Å². The largest absolute Gasteiger partial charge is 0.396 e. The Labute approximate surface area is 113 Å². The van der Waals surface area contributed by atoms with Crippen LogP contribution in [0.1, 0.15) is 66.2 Å². The number of hydrogen-bond acceptors (Lipinski definition) is 2. The van der Waals surface area contributed by atoms with Crippen molar-refractivity contribution in [3.05, 3.63) is 0 Å². The topological polar surface area (TPSA) is 40.5 Å². The first-order valence-electron chi connectivity index (χ1n) is 7.90. The fourth-order valence-electron chi connectivity index (χ4n) is 4.31. The molecule has 0 aliphatic heterocycles. The smallest absolute Gasteiger partial charge is 0.0649 e. The summed E-state index contributed by atoms with van der Waals surface area (Å²) >= 11 is 0. The second-order valence-corrected chi connectivity index (χ2v) is 6.16. The number of rotatable bonds is 6. The summed E-state index contributed by atoms with van der Waals surface area (Å²) in [5.41, 5.74) is -0.254. The fraction of sp³-hybridized carbons (Fsp3) is 1.00. The van der Waals surface area contributed by atoms with Crippen molar-refractivity contribution in [1.82, 2.24) is 0 Å². The minimum atomic E-state index is -0.322. The molecular formula is C16H32O2. The Bertz CT molecular complexity index is 235. The molecule has 0 radical (unpaired) electrons. The van der Waals surface area contributed by atoms with Crippen LogP contribution in [0.5, 0.6) is 0 Å². The zero-order valence-electron chi connectivity index (χ0n) is 12.7. The third-order valence-corrected chi connectivity index (χ3v) is 5.55. The number of hydrogen-bond donors (Lipinski definition) is 2. The first-order valence-corrected chi connectivity index (χ1v) is 7.90. The normalized spacial score (nSPS) is 41.0. The van der Waals surface area contributed by atoms with Crippen LogP contribution in [0.2, 0.25) is 0 Å². The molecule has 1 fully saturated rings. The van der Waals surface area contributed by atoms with Crippen LogP contribution in [-0.2, 0) is 0 Å². The Morgan fingerprint density at radius 3 is 2.06 bits per heavy atom. The summed E-state index contributed by atoms with van der Waals surface area (Å²) in [5, 5.41) is 20.7. The second-order valence-electron chi connectivity index (χ2n) is 6.16. The molecule has 2 nitrogen and oxygen atoms in total. The van der Waals surface area contributed by atoms with Gasteiger partial charge in [0.25, 0.3) is 0 Å². The van der Waals surface area contributed by atoms with Crippen LogP contribution >= 0.6 is 0 Å². The molecule has 0 bridgehead atoms. The molecule has 108 valence electrons. The highest BCUT2D eigenvalue weighted by Crippen LogP contribution is 2.52. The third-order valence-electron chi connectivity index (χ3n) is 5.55. The van der Waals surface area contributed by atoms with Gasteiger partial charge in [-0.05, 0) is 37.0 Å². The Hall–Kier alpha value is -0.0800. The van der Waals surface area contributed by atoms with E-state index in [4.69, 9.17) is 0 Å². The van der Waals surface area contributed by atoms with E-state index in [0.29, 0.717) is 17.8 Å². The summed E-state index contributed by atoms with van der Waals surface area (Å²) in [7, 11) is 0. The Balaban J connectivity index is 3.08. The Morgan fingerprint density at radius 1 is 1.06 bits per heavy atom. The average Bonchev–Trinajstić information content (AvgIpc) is 2.40. The first-order chi connectivity index (χ1) is 8.61. The van der Waals surface area contributed by atoms with E-state index in [0.717, 1.165) is 32.1 Å². The Morgan fingerprint density at radius 2 is 1.67 bits per heavy atom. The van der Waals surface area contributed by atoms with Crippen molar-refractivity contribution < 1.29 is 10.2 Å². The highest BCUT2D eigenvalue weighted by molar-refractivity contribution is 5.00. The monoisotopic (exact) mass is 256 g/mol. The van der Waals surface area contributed by atoms with Crippen LogP contribution in [0.3, 0.4) is 0 Å². The van der Waals surface area contributed by atoms with Crippen molar-refractivity contribution in [2.45, 2.75) is 72.3 Å². The van der Waals surface area contributed by atoms with Crippen LogP contribution in [0.25, 0.3) is 0 Å². The molecule has 1 rings (SSSR count). The molecule has 0 aromatic heterocycles. The predicted octanol–water partition coefficient (Wildman–Crippen LogP) is 3.61. The molecule has 0 amide bonds. The SMILES string of the molecule is CCC[C@H]1[C@H](CC)C[C@H](CC)[C@H](O)[C@@]1(CC)CO. The summed E-state index contributed by atoms with van der Waals surface area (Å²) in [6, 6.07) is 0. The molecule has 0 heterocycles. The number of aliphatic hydroxyl groups is 2. The Kier molecular flexibility index (Phi) is 6.13. The minimum Gasteiger partial charge on any atom is -0.396 e. The van der Waals surface area contributed by atoms with Crippen molar-refractivity contribution in [1.29, 1.82) is 0 Å². The van der Waals surface area contributed by atoms with Gasteiger partial charge in [0.2, 0.25) is 0 Å².